The Morgan fingerprint density at radius 1 is 1.38 bits per heavy atom. The van der Waals surface area contributed by atoms with E-state index in [1.807, 2.05) is 0 Å². The van der Waals surface area contributed by atoms with Gasteiger partial charge in [-0.3, -0.25) is 4.79 Å². The first kappa shape index (κ1) is 21.5. The van der Waals surface area contributed by atoms with E-state index in [0.29, 0.717) is 11.0 Å². The lowest BCUT2D eigenvalue weighted by Crippen LogP contribution is -2.49. The third kappa shape index (κ3) is 4.64. The molecule has 0 radical (unpaired) electrons. The van der Waals surface area contributed by atoms with Crippen LogP contribution in [-0.2, 0) is 19.3 Å². The zero-order valence-electron chi connectivity index (χ0n) is 20.7. The van der Waals surface area contributed by atoms with Crippen LogP contribution in [0.2, 0.25) is 0 Å². The number of carbonyl (C=O) groups excluding carboxylic acids is 1. The second-order valence-corrected chi connectivity index (χ2v) is 9.68. The number of halogens is 5. The van der Waals surface area contributed by atoms with Gasteiger partial charge in [0.15, 0.2) is 17.2 Å². The summed E-state index contributed by atoms with van der Waals surface area (Å²) in [5.74, 6) is -4.83. The van der Waals surface area contributed by atoms with Crippen LogP contribution in [0.4, 0.5) is 33.3 Å². The normalized spacial score (nSPS) is 24.0. The molecule has 8 nitrogen and oxygen atoms in total. The van der Waals surface area contributed by atoms with Crippen molar-refractivity contribution in [3.63, 3.8) is 0 Å². The molecule has 1 amide bonds. The van der Waals surface area contributed by atoms with Gasteiger partial charge in [-0.1, -0.05) is 0 Å². The van der Waals surface area contributed by atoms with Crippen molar-refractivity contribution < 1.29 is 44.5 Å². The molecule has 1 aliphatic heterocycles. The Balaban J connectivity index is 2.12. The summed E-state index contributed by atoms with van der Waals surface area (Å²) < 4.78 is 122. The second-order valence-electron chi connectivity index (χ2n) is 7.57. The van der Waals surface area contributed by atoms with Gasteiger partial charge in [-0.2, -0.15) is 17.6 Å². The maximum atomic E-state index is 14.4. The Labute approximate surface area is 196 Å². The molecule has 186 valence electrons. The highest BCUT2D eigenvalue weighted by atomic mass is 32.2. The minimum absolute atomic E-state index is 0.0738. The molecule has 1 aliphatic rings. The lowest BCUT2D eigenvalue weighted by molar-refractivity contribution is -0.261. The van der Waals surface area contributed by atoms with Gasteiger partial charge in [0.25, 0.3) is 0 Å². The van der Waals surface area contributed by atoms with E-state index in [2.05, 4.69) is 15.0 Å². The molecule has 2 heterocycles. The monoisotopic (exact) mass is 511 g/mol. The molecule has 2 N–H and O–H groups in total. The topological polar surface area (TPSA) is 105 Å². The van der Waals surface area contributed by atoms with Crippen LogP contribution in [0.3, 0.4) is 0 Å². The first-order valence-corrected chi connectivity index (χ1v) is 11.4. The molecule has 0 saturated carbocycles. The molecule has 1 fully saturated rings. The van der Waals surface area contributed by atoms with Gasteiger partial charge < -0.3 is 19.7 Å². The number of nitrogens with zero attached hydrogens (tertiary/aromatic N) is 2. The second kappa shape index (κ2) is 8.98. The number of nitrogens with one attached hydrogen (secondary N) is 2. The highest BCUT2D eigenvalue weighted by Crippen LogP contribution is 2.47. The van der Waals surface area contributed by atoms with Crippen molar-refractivity contribution in [2.24, 2.45) is 0 Å². The van der Waals surface area contributed by atoms with Crippen LogP contribution in [0.1, 0.15) is 10.5 Å². The quantitative estimate of drug-likeness (QED) is 0.575. The molecular formula is C20H21F5N4O4S. The predicted octanol–water partition coefficient (Wildman–Crippen LogP) is 3.57. The Morgan fingerprint density at radius 3 is 2.68 bits per heavy atom. The average Bonchev–Trinajstić information content (AvgIpc) is 3.14. The molecule has 3 atom stereocenters. The van der Waals surface area contributed by atoms with Crippen LogP contribution >= 0.6 is 0 Å². The van der Waals surface area contributed by atoms with E-state index in [1.165, 1.54) is 6.07 Å². The summed E-state index contributed by atoms with van der Waals surface area (Å²) in [6, 6.07) is 1.99. The van der Waals surface area contributed by atoms with Crippen molar-refractivity contribution in [2.75, 3.05) is 37.2 Å². The van der Waals surface area contributed by atoms with Gasteiger partial charge in [-0.15, -0.1) is 0 Å². The summed E-state index contributed by atoms with van der Waals surface area (Å²) in [7, 11) is -5.90. The van der Waals surface area contributed by atoms with E-state index in [4.69, 9.17) is 13.6 Å². The van der Waals surface area contributed by atoms with Crippen LogP contribution in [0.25, 0.3) is 0 Å². The summed E-state index contributed by atoms with van der Waals surface area (Å²) >= 11 is 0. The number of aromatic nitrogens is 1. The van der Waals surface area contributed by atoms with Crippen molar-refractivity contribution >= 4 is 27.0 Å². The molecule has 0 aliphatic carbocycles. The molecular weight excluding hydrogens is 487 g/mol. The number of amides is 1. The Morgan fingerprint density at radius 2 is 2.09 bits per heavy atom. The summed E-state index contributed by atoms with van der Waals surface area (Å²) in [4.78, 5) is 17.7. The number of methoxy groups -OCH3 is 2. The number of benzene rings is 1. The third-order valence-electron chi connectivity index (χ3n) is 5.28. The molecule has 34 heavy (non-hydrogen) atoms. The minimum atomic E-state index is -5.30. The average molecular weight is 511 g/mol. The van der Waals surface area contributed by atoms with E-state index in [1.54, 1.807) is 0 Å². The van der Waals surface area contributed by atoms with Crippen LogP contribution in [0, 0.1) is 16.4 Å². The molecule has 1 aromatic heterocycles. The molecule has 2 aromatic rings. The zero-order valence-corrected chi connectivity index (χ0v) is 18.5. The lowest BCUT2D eigenvalue weighted by atomic mass is 9.99. The third-order valence-corrected chi connectivity index (χ3v) is 6.31. The van der Waals surface area contributed by atoms with Gasteiger partial charge in [-0.05, 0) is 24.3 Å². The standard InChI is InChI=1S/C20H21F5N4O4S/c1-32-17-13(5-4-12(21)16(17)22)29-10-19(33-2,20(23,24)25)9-14(29)18(30)28-11-6-7-27-15(8-11)34(3,26)31/h4-8,14,26H,9-10H2,1-3H3,(H,27,28,30)/t14-,19-,34-/m1/s1/i2D3. The lowest BCUT2D eigenvalue weighted by Gasteiger charge is -2.31. The minimum Gasteiger partial charge on any atom is -0.491 e. The molecule has 1 aromatic carbocycles. The molecule has 1 saturated heterocycles. The predicted molar refractivity (Wildman–Crippen MR) is 112 cm³/mol. The molecule has 14 heteroatoms. The van der Waals surface area contributed by atoms with Crippen molar-refractivity contribution in [3.8, 4) is 5.75 Å². The SMILES string of the molecule is [2H]C([2H])([2H])O[C@]1(C(F)(F)F)C[C@H](C(=O)Nc2ccnc([S@](C)(=N)=O)c2)N(c2ccc(F)c(F)c2OC)C1. The summed E-state index contributed by atoms with van der Waals surface area (Å²) in [6.45, 7) is -1.27. The highest BCUT2D eigenvalue weighted by molar-refractivity contribution is 7.91. The summed E-state index contributed by atoms with van der Waals surface area (Å²) in [5, 5.41) is 2.09. The number of ether oxygens (including phenoxy) is 2. The maximum absolute atomic E-state index is 14.4. The Kier molecular flexibility index (Phi) is 5.69. The van der Waals surface area contributed by atoms with Crippen molar-refractivity contribution in [1.82, 2.24) is 4.98 Å². The van der Waals surface area contributed by atoms with Crippen molar-refractivity contribution in [2.45, 2.75) is 29.3 Å². The maximum Gasteiger partial charge on any atom is 0.419 e. The molecule has 0 unspecified atom stereocenters. The van der Waals surface area contributed by atoms with Crippen LogP contribution in [-0.4, -0.2) is 59.9 Å². The number of rotatable bonds is 6. The largest absolute Gasteiger partial charge is 0.491 e. The number of anilines is 2. The fourth-order valence-electron chi connectivity index (χ4n) is 3.56. The fourth-order valence-corrected chi connectivity index (χ4v) is 4.18. The number of carbonyl (C=O) groups is 1. The van der Waals surface area contributed by atoms with E-state index < -0.39 is 76.5 Å². The van der Waals surface area contributed by atoms with Gasteiger partial charge in [-0.25, -0.2) is 18.4 Å². The highest BCUT2D eigenvalue weighted by Gasteiger charge is 2.63. The van der Waals surface area contributed by atoms with Gasteiger partial charge in [0.1, 0.15) is 11.1 Å². The first-order valence-electron chi connectivity index (χ1n) is 10.9. The molecule has 3 rings (SSSR count). The van der Waals surface area contributed by atoms with E-state index in [0.717, 1.165) is 31.7 Å². The fraction of sp³-hybridized carbons (Fsp3) is 0.400. The number of pyridine rings is 1. The van der Waals surface area contributed by atoms with Crippen LogP contribution in [0.15, 0.2) is 35.5 Å². The summed E-state index contributed by atoms with van der Waals surface area (Å²) in [5.41, 5.74) is -3.94. The van der Waals surface area contributed by atoms with E-state index >= 15 is 0 Å². The number of alkyl halides is 3. The number of hydrogen-bond acceptors (Lipinski definition) is 7. The van der Waals surface area contributed by atoms with Crippen molar-refractivity contribution in [3.05, 3.63) is 42.1 Å². The zero-order chi connectivity index (χ0) is 28.0. The van der Waals surface area contributed by atoms with Gasteiger partial charge in [0, 0.05) is 31.6 Å². The van der Waals surface area contributed by atoms with Crippen molar-refractivity contribution in [1.29, 1.82) is 4.78 Å². The Bertz CT molecular complexity index is 1310. The van der Waals surface area contributed by atoms with Gasteiger partial charge in [0.05, 0.1) is 33.2 Å². The summed E-state index contributed by atoms with van der Waals surface area (Å²) in [6.07, 6.45) is -4.35. The van der Waals surface area contributed by atoms with Gasteiger partial charge >= 0.3 is 6.18 Å². The molecule has 0 bridgehead atoms. The first-order chi connectivity index (χ1) is 16.9. The van der Waals surface area contributed by atoms with E-state index in [9.17, 15) is 31.0 Å². The molecule has 0 spiro atoms. The Hall–Kier alpha value is -3.00. The van der Waals surface area contributed by atoms with E-state index in [-0.39, 0.29) is 10.7 Å². The smallest absolute Gasteiger partial charge is 0.419 e. The van der Waals surface area contributed by atoms with Gasteiger partial charge in [0.2, 0.25) is 11.7 Å². The number of hydrogen-bond donors (Lipinski definition) is 2. The van der Waals surface area contributed by atoms with Crippen LogP contribution in [0.5, 0.6) is 5.75 Å². The van der Waals surface area contributed by atoms with Crippen LogP contribution < -0.4 is 15.0 Å².